The van der Waals surface area contributed by atoms with Gasteiger partial charge in [0.15, 0.2) is 11.5 Å². The van der Waals surface area contributed by atoms with Crippen LogP contribution in [0.5, 0.6) is 11.5 Å². The summed E-state index contributed by atoms with van der Waals surface area (Å²) in [6.07, 6.45) is 0. The molecule has 0 radical (unpaired) electrons. The molecule has 1 heterocycles. The molecule has 0 unspecified atom stereocenters. The zero-order chi connectivity index (χ0) is 24.1. The number of halogens is 1. The first-order chi connectivity index (χ1) is 16.3. The minimum Gasteiger partial charge on any atom is -0.486 e. The second-order valence-electron chi connectivity index (χ2n) is 7.39. The SMILES string of the molecule is C/C(=N/NC(=O)CN(c1ccc(I)cc1)S(=O)(=O)c1ccccc1)c1ccc2c(c1)OCCO2. The maximum atomic E-state index is 13.3. The summed E-state index contributed by atoms with van der Waals surface area (Å²) in [6, 6.07) is 20.3. The molecule has 176 valence electrons. The van der Waals surface area contributed by atoms with Crippen molar-refractivity contribution in [1.82, 2.24) is 5.43 Å². The van der Waals surface area contributed by atoms with Crippen LogP contribution in [-0.4, -0.2) is 39.8 Å². The van der Waals surface area contributed by atoms with Gasteiger partial charge >= 0.3 is 0 Å². The summed E-state index contributed by atoms with van der Waals surface area (Å²) in [4.78, 5) is 12.9. The molecule has 0 fully saturated rings. The van der Waals surface area contributed by atoms with E-state index in [0.29, 0.717) is 36.1 Å². The van der Waals surface area contributed by atoms with Gasteiger partial charge in [0.05, 0.1) is 16.3 Å². The molecule has 0 spiro atoms. The summed E-state index contributed by atoms with van der Waals surface area (Å²) >= 11 is 2.14. The molecule has 0 aromatic heterocycles. The van der Waals surface area contributed by atoms with Crippen LogP contribution in [0.2, 0.25) is 0 Å². The Bertz CT molecular complexity index is 1310. The Morgan fingerprint density at radius 1 is 1.00 bits per heavy atom. The number of rotatable bonds is 7. The van der Waals surface area contributed by atoms with E-state index in [1.165, 1.54) is 12.1 Å². The van der Waals surface area contributed by atoms with Gasteiger partial charge in [0.1, 0.15) is 19.8 Å². The Morgan fingerprint density at radius 3 is 2.38 bits per heavy atom. The summed E-state index contributed by atoms with van der Waals surface area (Å²) in [5, 5.41) is 4.16. The molecule has 4 rings (SSSR count). The molecule has 0 bridgehead atoms. The fraction of sp³-hybridized carbons (Fsp3) is 0.167. The standard InChI is InChI=1S/C24H22IN3O5S/c1-17(18-7-12-22-23(15-18)33-14-13-32-22)26-27-24(29)16-28(20-10-8-19(25)9-11-20)34(30,31)21-5-3-2-4-6-21/h2-12,15H,13-14,16H2,1H3,(H,27,29)/b26-17-. The van der Waals surface area contributed by atoms with Crippen molar-refractivity contribution in [2.45, 2.75) is 11.8 Å². The lowest BCUT2D eigenvalue weighted by Gasteiger charge is -2.23. The third-order valence-electron chi connectivity index (χ3n) is 5.04. The minimum atomic E-state index is -3.97. The number of benzene rings is 3. The second kappa shape index (κ2) is 10.4. The Morgan fingerprint density at radius 2 is 1.68 bits per heavy atom. The predicted molar refractivity (Wildman–Crippen MR) is 138 cm³/mol. The number of hydrazone groups is 1. The van der Waals surface area contributed by atoms with Crippen LogP contribution >= 0.6 is 22.6 Å². The largest absolute Gasteiger partial charge is 0.486 e. The van der Waals surface area contributed by atoms with Gasteiger partial charge in [0.25, 0.3) is 15.9 Å². The van der Waals surface area contributed by atoms with Crippen molar-refractivity contribution < 1.29 is 22.7 Å². The van der Waals surface area contributed by atoms with Crippen LogP contribution in [0.1, 0.15) is 12.5 Å². The Balaban J connectivity index is 1.54. The molecule has 1 amide bonds. The summed E-state index contributed by atoms with van der Waals surface area (Å²) in [6.45, 7) is 2.27. The van der Waals surface area contributed by atoms with Crippen LogP contribution in [0.3, 0.4) is 0 Å². The zero-order valence-corrected chi connectivity index (χ0v) is 21.2. The molecule has 10 heteroatoms. The highest BCUT2D eigenvalue weighted by atomic mass is 127. The van der Waals surface area contributed by atoms with Crippen LogP contribution in [0.15, 0.2) is 82.8 Å². The number of nitrogens with zero attached hydrogens (tertiary/aromatic N) is 2. The average molecular weight is 591 g/mol. The first-order valence-corrected chi connectivity index (χ1v) is 12.9. The maximum Gasteiger partial charge on any atom is 0.264 e. The number of carbonyl (C=O) groups excluding carboxylic acids is 1. The van der Waals surface area contributed by atoms with Gasteiger partial charge in [0, 0.05) is 9.13 Å². The number of carbonyl (C=O) groups is 1. The fourth-order valence-corrected chi connectivity index (χ4v) is 5.09. The average Bonchev–Trinajstić information content (AvgIpc) is 2.86. The number of fused-ring (bicyclic) bond motifs is 1. The van der Waals surface area contributed by atoms with Gasteiger partial charge in [-0.1, -0.05) is 18.2 Å². The lowest BCUT2D eigenvalue weighted by atomic mass is 10.1. The lowest BCUT2D eigenvalue weighted by Crippen LogP contribution is -2.39. The van der Waals surface area contributed by atoms with Gasteiger partial charge in [-0.15, -0.1) is 0 Å². The molecule has 1 aliphatic heterocycles. The number of anilines is 1. The van der Waals surface area contributed by atoms with Crippen LogP contribution < -0.4 is 19.2 Å². The smallest absolute Gasteiger partial charge is 0.264 e. The van der Waals surface area contributed by atoms with Gasteiger partial charge < -0.3 is 9.47 Å². The van der Waals surface area contributed by atoms with E-state index in [4.69, 9.17) is 9.47 Å². The van der Waals surface area contributed by atoms with E-state index in [1.54, 1.807) is 61.5 Å². The number of ether oxygens (including phenoxy) is 2. The predicted octanol–water partition coefficient (Wildman–Crippen LogP) is 3.80. The fourth-order valence-electron chi connectivity index (χ4n) is 3.29. The van der Waals surface area contributed by atoms with Gasteiger partial charge in [-0.2, -0.15) is 5.10 Å². The van der Waals surface area contributed by atoms with E-state index in [-0.39, 0.29) is 4.90 Å². The number of sulfonamides is 1. The summed E-state index contributed by atoms with van der Waals surface area (Å²) in [5.41, 5.74) is 4.13. The van der Waals surface area contributed by atoms with E-state index in [0.717, 1.165) is 13.4 Å². The number of hydrogen-bond donors (Lipinski definition) is 1. The van der Waals surface area contributed by atoms with E-state index in [9.17, 15) is 13.2 Å². The molecule has 3 aromatic rings. The topological polar surface area (TPSA) is 97.3 Å². The summed E-state index contributed by atoms with van der Waals surface area (Å²) < 4.78 is 39.8. The quantitative estimate of drug-likeness (QED) is 0.256. The van der Waals surface area contributed by atoms with Crippen molar-refractivity contribution in [2.75, 3.05) is 24.1 Å². The number of amides is 1. The molecule has 1 aliphatic rings. The first kappa shape index (κ1) is 24.0. The van der Waals surface area contributed by atoms with Crippen molar-refractivity contribution in [3.63, 3.8) is 0 Å². The molecule has 0 saturated carbocycles. The van der Waals surface area contributed by atoms with Crippen molar-refractivity contribution in [1.29, 1.82) is 0 Å². The Labute approximate surface area is 211 Å². The third-order valence-corrected chi connectivity index (χ3v) is 7.55. The molecule has 0 saturated heterocycles. The van der Waals surface area contributed by atoms with Gasteiger partial charge in [-0.25, -0.2) is 13.8 Å². The summed E-state index contributed by atoms with van der Waals surface area (Å²) in [7, 11) is -3.97. The highest BCUT2D eigenvalue weighted by Gasteiger charge is 2.27. The number of nitrogens with one attached hydrogen (secondary N) is 1. The third kappa shape index (κ3) is 5.50. The van der Waals surface area contributed by atoms with Crippen molar-refractivity contribution in [3.8, 4) is 11.5 Å². The molecule has 0 atom stereocenters. The van der Waals surface area contributed by atoms with E-state index >= 15 is 0 Å². The molecule has 3 aromatic carbocycles. The Kier molecular flexibility index (Phi) is 7.37. The monoisotopic (exact) mass is 591 g/mol. The summed E-state index contributed by atoms with van der Waals surface area (Å²) in [5.74, 6) is 0.699. The van der Waals surface area contributed by atoms with Crippen LogP contribution in [0.25, 0.3) is 0 Å². The maximum absolute atomic E-state index is 13.3. The molecule has 1 N–H and O–H groups in total. The molecular weight excluding hydrogens is 569 g/mol. The highest BCUT2D eigenvalue weighted by molar-refractivity contribution is 14.1. The van der Waals surface area contributed by atoms with Crippen LogP contribution in [0.4, 0.5) is 5.69 Å². The van der Waals surface area contributed by atoms with E-state index in [1.807, 2.05) is 6.07 Å². The van der Waals surface area contributed by atoms with Crippen LogP contribution in [0, 0.1) is 3.57 Å². The lowest BCUT2D eigenvalue weighted by molar-refractivity contribution is -0.119. The van der Waals surface area contributed by atoms with E-state index < -0.39 is 22.5 Å². The van der Waals surface area contributed by atoms with E-state index in [2.05, 4.69) is 33.1 Å². The Hall–Kier alpha value is -3.12. The molecule has 8 nitrogen and oxygen atoms in total. The van der Waals surface area contributed by atoms with Crippen molar-refractivity contribution >= 4 is 49.9 Å². The van der Waals surface area contributed by atoms with Crippen molar-refractivity contribution in [2.24, 2.45) is 5.10 Å². The second-order valence-corrected chi connectivity index (χ2v) is 10.5. The van der Waals surface area contributed by atoms with Crippen LogP contribution in [-0.2, 0) is 14.8 Å². The van der Waals surface area contributed by atoms with Gasteiger partial charge in [0.2, 0.25) is 0 Å². The zero-order valence-electron chi connectivity index (χ0n) is 18.3. The number of hydrogen-bond acceptors (Lipinski definition) is 6. The van der Waals surface area contributed by atoms with Crippen molar-refractivity contribution in [3.05, 3.63) is 81.9 Å². The highest BCUT2D eigenvalue weighted by Crippen LogP contribution is 2.31. The molecular formula is C24H22IN3O5S. The first-order valence-electron chi connectivity index (χ1n) is 10.4. The minimum absolute atomic E-state index is 0.0947. The normalized spacial score (nSPS) is 13.3. The van der Waals surface area contributed by atoms with Gasteiger partial charge in [-0.3, -0.25) is 9.10 Å². The molecule has 34 heavy (non-hydrogen) atoms. The van der Waals surface area contributed by atoms with Gasteiger partial charge in [-0.05, 0) is 84.1 Å². The molecule has 0 aliphatic carbocycles.